The SMILES string of the molecule is Cc1nc(Cl)ccc1N1CCCCC1CCO. The van der Waals surface area contributed by atoms with E-state index in [4.69, 9.17) is 16.7 Å². The van der Waals surface area contributed by atoms with Crippen LogP contribution in [-0.4, -0.2) is 29.3 Å². The van der Waals surface area contributed by atoms with E-state index in [1.54, 1.807) is 0 Å². The molecule has 0 bridgehead atoms. The highest BCUT2D eigenvalue weighted by molar-refractivity contribution is 6.29. The number of pyridine rings is 1. The molecule has 1 aromatic heterocycles. The smallest absolute Gasteiger partial charge is 0.129 e. The van der Waals surface area contributed by atoms with Crippen LogP contribution in [0.1, 0.15) is 31.4 Å². The van der Waals surface area contributed by atoms with Crippen molar-refractivity contribution in [2.45, 2.75) is 38.6 Å². The summed E-state index contributed by atoms with van der Waals surface area (Å²) in [6.45, 7) is 3.29. The van der Waals surface area contributed by atoms with Crippen molar-refractivity contribution >= 4 is 17.3 Å². The summed E-state index contributed by atoms with van der Waals surface area (Å²) in [7, 11) is 0. The fourth-order valence-electron chi connectivity index (χ4n) is 2.59. The molecule has 0 aliphatic carbocycles. The summed E-state index contributed by atoms with van der Waals surface area (Å²) in [6, 6.07) is 4.32. The number of piperidine rings is 1. The Morgan fingerprint density at radius 2 is 2.29 bits per heavy atom. The number of aromatic nitrogens is 1. The van der Waals surface area contributed by atoms with Gasteiger partial charge in [-0.2, -0.15) is 0 Å². The first-order valence-corrected chi connectivity index (χ1v) is 6.61. The summed E-state index contributed by atoms with van der Waals surface area (Å²) < 4.78 is 0. The third kappa shape index (κ3) is 2.90. The maximum Gasteiger partial charge on any atom is 0.129 e. The van der Waals surface area contributed by atoms with E-state index in [-0.39, 0.29) is 6.61 Å². The molecule has 2 rings (SSSR count). The standard InChI is InChI=1S/C13H19ClN2O/c1-10-12(5-6-13(14)15-10)16-8-3-2-4-11(16)7-9-17/h5-6,11,17H,2-4,7-9H2,1H3. The zero-order chi connectivity index (χ0) is 12.3. The Hall–Kier alpha value is -0.800. The molecule has 3 nitrogen and oxygen atoms in total. The number of anilines is 1. The van der Waals surface area contributed by atoms with Gasteiger partial charge in [0.2, 0.25) is 0 Å². The van der Waals surface area contributed by atoms with E-state index in [1.807, 2.05) is 19.1 Å². The molecule has 1 fully saturated rings. The van der Waals surface area contributed by atoms with Gasteiger partial charge >= 0.3 is 0 Å². The Kier molecular flexibility index (Phi) is 4.24. The molecular formula is C13H19ClN2O. The second-order valence-corrected chi connectivity index (χ2v) is 4.98. The third-order valence-corrected chi connectivity index (χ3v) is 3.63. The van der Waals surface area contributed by atoms with Crippen molar-refractivity contribution in [3.63, 3.8) is 0 Å². The normalized spacial score (nSPS) is 20.6. The molecule has 1 N–H and O–H groups in total. The summed E-state index contributed by atoms with van der Waals surface area (Å²) in [4.78, 5) is 6.68. The van der Waals surface area contributed by atoms with Crippen molar-refractivity contribution < 1.29 is 5.11 Å². The number of aliphatic hydroxyl groups excluding tert-OH is 1. The second-order valence-electron chi connectivity index (χ2n) is 4.59. The first kappa shape index (κ1) is 12.7. The zero-order valence-electron chi connectivity index (χ0n) is 10.2. The topological polar surface area (TPSA) is 36.4 Å². The average molecular weight is 255 g/mol. The molecule has 1 unspecified atom stereocenters. The Morgan fingerprint density at radius 1 is 1.47 bits per heavy atom. The van der Waals surface area contributed by atoms with Gasteiger partial charge in [-0.05, 0) is 44.7 Å². The number of nitrogens with zero attached hydrogens (tertiary/aromatic N) is 2. The van der Waals surface area contributed by atoms with Crippen molar-refractivity contribution in [2.24, 2.45) is 0 Å². The van der Waals surface area contributed by atoms with Gasteiger partial charge in [-0.25, -0.2) is 4.98 Å². The van der Waals surface area contributed by atoms with Crippen molar-refractivity contribution in [1.82, 2.24) is 4.98 Å². The van der Waals surface area contributed by atoms with Crippen molar-refractivity contribution in [1.29, 1.82) is 0 Å². The predicted octanol–water partition coefficient (Wildman–Crippen LogP) is 2.78. The highest BCUT2D eigenvalue weighted by Gasteiger charge is 2.23. The lowest BCUT2D eigenvalue weighted by molar-refractivity contribution is 0.262. The summed E-state index contributed by atoms with van der Waals surface area (Å²) in [5, 5.41) is 9.68. The Bertz CT molecular complexity index is 382. The Balaban J connectivity index is 2.23. The van der Waals surface area contributed by atoms with Crippen LogP contribution in [0.3, 0.4) is 0 Å². The summed E-state index contributed by atoms with van der Waals surface area (Å²) >= 11 is 5.88. The van der Waals surface area contributed by atoms with E-state index in [0.717, 1.165) is 30.8 Å². The highest BCUT2D eigenvalue weighted by atomic mass is 35.5. The van der Waals surface area contributed by atoms with E-state index in [0.29, 0.717) is 11.2 Å². The lowest BCUT2D eigenvalue weighted by Gasteiger charge is -2.38. The molecule has 17 heavy (non-hydrogen) atoms. The van der Waals surface area contributed by atoms with Gasteiger partial charge in [-0.3, -0.25) is 0 Å². The fourth-order valence-corrected chi connectivity index (χ4v) is 2.78. The van der Waals surface area contributed by atoms with Gasteiger partial charge in [-0.15, -0.1) is 0 Å². The van der Waals surface area contributed by atoms with Crippen LogP contribution in [0, 0.1) is 6.92 Å². The van der Waals surface area contributed by atoms with Crippen LogP contribution in [0.5, 0.6) is 0 Å². The van der Waals surface area contributed by atoms with Crippen LogP contribution in [-0.2, 0) is 0 Å². The summed E-state index contributed by atoms with van der Waals surface area (Å²) in [5.74, 6) is 0. The molecule has 0 radical (unpaired) electrons. The molecule has 1 atom stereocenters. The molecule has 0 saturated carbocycles. The highest BCUT2D eigenvalue weighted by Crippen LogP contribution is 2.29. The monoisotopic (exact) mass is 254 g/mol. The Morgan fingerprint density at radius 3 is 3.00 bits per heavy atom. The summed E-state index contributed by atoms with van der Waals surface area (Å²) in [6.07, 6.45) is 4.45. The van der Waals surface area contributed by atoms with Crippen LogP contribution in [0.4, 0.5) is 5.69 Å². The number of hydrogen-bond donors (Lipinski definition) is 1. The summed E-state index contributed by atoms with van der Waals surface area (Å²) in [5.41, 5.74) is 2.13. The predicted molar refractivity (Wildman–Crippen MR) is 70.7 cm³/mol. The van der Waals surface area contributed by atoms with E-state index in [2.05, 4.69) is 9.88 Å². The van der Waals surface area contributed by atoms with E-state index >= 15 is 0 Å². The molecule has 0 spiro atoms. The van der Waals surface area contributed by atoms with E-state index in [1.165, 1.54) is 12.8 Å². The van der Waals surface area contributed by atoms with Crippen molar-refractivity contribution in [3.05, 3.63) is 23.0 Å². The number of hydrogen-bond acceptors (Lipinski definition) is 3. The molecule has 0 aromatic carbocycles. The van der Waals surface area contributed by atoms with Gasteiger partial charge in [0, 0.05) is 19.2 Å². The van der Waals surface area contributed by atoms with Crippen LogP contribution in [0.15, 0.2) is 12.1 Å². The minimum Gasteiger partial charge on any atom is -0.396 e. The van der Waals surface area contributed by atoms with Crippen LogP contribution >= 0.6 is 11.6 Å². The van der Waals surface area contributed by atoms with E-state index in [9.17, 15) is 0 Å². The molecule has 1 aliphatic heterocycles. The van der Waals surface area contributed by atoms with Gasteiger partial charge in [0.05, 0.1) is 11.4 Å². The van der Waals surface area contributed by atoms with Crippen LogP contribution in [0.2, 0.25) is 5.15 Å². The number of rotatable bonds is 3. The van der Waals surface area contributed by atoms with Crippen molar-refractivity contribution in [2.75, 3.05) is 18.1 Å². The van der Waals surface area contributed by atoms with E-state index < -0.39 is 0 Å². The first-order valence-electron chi connectivity index (χ1n) is 6.23. The zero-order valence-corrected chi connectivity index (χ0v) is 11.0. The fraction of sp³-hybridized carbons (Fsp3) is 0.615. The van der Waals surface area contributed by atoms with Gasteiger partial charge in [0.25, 0.3) is 0 Å². The second kappa shape index (κ2) is 5.69. The molecule has 1 aliphatic rings. The first-order chi connectivity index (χ1) is 8.22. The third-order valence-electron chi connectivity index (χ3n) is 3.42. The van der Waals surface area contributed by atoms with Gasteiger partial charge in [0.15, 0.2) is 0 Å². The molecule has 94 valence electrons. The van der Waals surface area contributed by atoms with Gasteiger partial charge in [-0.1, -0.05) is 11.6 Å². The number of halogens is 1. The lowest BCUT2D eigenvalue weighted by Crippen LogP contribution is -2.40. The molecule has 0 amide bonds. The van der Waals surface area contributed by atoms with Crippen LogP contribution in [0.25, 0.3) is 0 Å². The number of aliphatic hydroxyl groups is 1. The Labute approximate surface area is 107 Å². The molecule has 4 heteroatoms. The lowest BCUT2D eigenvalue weighted by atomic mass is 9.98. The quantitative estimate of drug-likeness (QED) is 0.843. The largest absolute Gasteiger partial charge is 0.396 e. The maximum absolute atomic E-state index is 9.13. The average Bonchev–Trinajstić information content (AvgIpc) is 2.31. The molecule has 1 aromatic rings. The molecule has 2 heterocycles. The minimum atomic E-state index is 0.251. The van der Waals surface area contributed by atoms with Gasteiger partial charge in [0.1, 0.15) is 5.15 Å². The van der Waals surface area contributed by atoms with Crippen LogP contribution < -0.4 is 4.90 Å². The van der Waals surface area contributed by atoms with Crippen molar-refractivity contribution in [3.8, 4) is 0 Å². The maximum atomic E-state index is 9.13. The molecule has 1 saturated heterocycles. The molecular weight excluding hydrogens is 236 g/mol. The minimum absolute atomic E-state index is 0.251. The van der Waals surface area contributed by atoms with Gasteiger partial charge < -0.3 is 10.0 Å². The number of aryl methyl sites for hydroxylation is 1.